The SMILES string of the molecule is CCCCCCCCCCCCCSC(F)(F)F. The monoisotopic (exact) mass is 284 g/mol. The molecule has 0 atom stereocenters. The first-order valence-corrected chi connectivity index (χ1v) is 8.25. The number of hydrogen-bond acceptors (Lipinski definition) is 1. The van der Waals surface area contributed by atoms with Crippen LogP contribution in [0, 0.1) is 0 Å². The van der Waals surface area contributed by atoms with E-state index in [0.29, 0.717) is 6.42 Å². The first-order valence-electron chi connectivity index (χ1n) is 7.27. The summed E-state index contributed by atoms with van der Waals surface area (Å²) in [5, 5.41) is 0. The molecule has 0 radical (unpaired) electrons. The van der Waals surface area contributed by atoms with E-state index in [0.717, 1.165) is 12.8 Å². The molecule has 0 aliphatic heterocycles. The van der Waals surface area contributed by atoms with Gasteiger partial charge in [0.15, 0.2) is 0 Å². The summed E-state index contributed by atoms with van der Waals surface area (Å²) in [4.78, 5) is 0. The average molecular weight is 284 g/mol. The number of thioether (sulfide) groups is 1. The molecule has 0 amide bonds. The second-order valence-corrected chi connectivity index (χ2v) is 5.99. The summed E-state index contributed by atoms with van der Waals surface area (Å²) in [6, 6.07) is 0. The van der Waals surface area contributed by atoms with Crippen molar-refractivity contribution in [3.63, 3.8) is 0 Å². The molecule has 0 aromatic heterocycles. The fourth-order valence-electron chi connectivity index (χ4n) is 1.95. The summed E-state index contributed by atoms with van der Waals surface area (Å²) in [6.07, 6.45) is 13.1. The van der Waals surface area contributed by atoms with Gasteiger partial charge >= 0.3 is 5.51 Å². The summed E-state index contributed by atoms with van der Waals surface area (Å²) >= 11 is 0.113. The van der Waals surface area contributed by atoms with E-state index in [1.54, 1.807) is 0 Å². The van der Waals surface area contributed by atoms with Gasteiger partial charge in [-0.25, -0.2) is 0 Å². The zero-order valence-electron chi connectivity index (χ0n) is 11.5. The third-order valence-corrected chi connectivity index (χ3v) is 3.83. The molecule has 0 fully saturated rings. The van der Waals surface area contributed by atoms with Crippen LogP contribution in [0.25, 0.3) is 0 Å². The summed E-state index contributed by atoms with van der Waals surface area (Å²) < 4.78 is 35.5. The van der Waals surface area contributed by atoms with Crippen molar-refractivity contribution in [2.45, 2.75) is 83.1 Å². The molecule has 0 spiro atoms. The predicted molar refractivity (Wildman–Crippen MR) is 75.0 cm³/mol. The first kappa shape index (κ1) is 18.1. The molecule has 0 unspecified atom stereocenters. The Hall–Kier alpha value is 0.140. The molecule has 0 heterocycles. The highest BCUT2D eigenvalue weighted by atomic mass is 32.2. The van der Waals surface area contributed by atoms with E-state index in [2.05, 4.69) is 6.92 Å². The summed E-state index contributed by atoms with van der Waals surface area (Å²) in [6.45, 7) is 2.22. The van der Waals surface area contributed by atoms with Gasteiger partial charge in [-0.05, 0) is 6.42 Å². The minimum atomic E-state index is -4.04. The molecule has 0 rings (SSSR count). The molecule has 0 saturated carbocycles. The molecule has 0 N–H and O–H groups in total. The largest absolute Gasteiger partial charge is 0.441 e. The Balaban J connectivity index is 2.99. The molecule has 110 valence electrons. The van der Waals surface area contributed by atoms with Gasteiger partial charge in [-0.2, -0.15) is 13.2 Å². The molecule has 0 aromatic rings. The van der Waals surface area contributed by atoms with Crippen LogP contribution < -0.4 is 0 Å². The van der Waals surface area contributed by atoms with E-state index in [9.17, 15) is 13.2 Å². The fourth-order valence-corrected chi connectivity index (χ4v) is 2.53. The summed E-state index contributed by atoms with van der Waals surface area (Å²) in [5.41, 5.74) is -4.04. The molecule has 18 heavy (non-hydrogen) atoms. The van der Waals surface area contributed by atoms with Crippen LogP contribution in [0.5, 0.6) is 0 Å². The van der Waals surface area contributed by atoms with Crippen LogP contribution in [0.3, 0.4) is 0 Å². The third kappa shape index (κ3) is 16.1. The van der Waals surface area contributed by atoms with E-state index in [4.69, 9.17) is 0 Å². The molecular weight excluding hydrogens is 257 g/mol. The van der Waals surface area contributed by atoms with Gasteiger partial charge in [0.05, 0.1) is 0 Å². The predicted octanol–water partition coefficient (Wildman–Crippen LogP) is 6.55. The third-order valence-electron chi connectivity index (χ3n) is 3.01. The standard InChI is InChI=1S/C14H27F3S/c1-2-3-4-5-6-7-8-9-10-11-12-13-18-14(15,16)17/h2-13H2,1H3. The van der Waals surface area contributed by atoms with Gasteiger partial charge in [0.1, 0.15) is 0 Å². The molecule has 0 bridgehead atoms. The molecule has 4 heteroatoms. The van der Waals surface area contributed by atoms with Crippen LogP contribution in [0.1, 0.15) is 77.6 Å². The highest BCUT2D eigenvalue weighted by molar-refractivity contribution is 8.00. The molecule has 0 aromatic carbocycles. The Labute approximate surface area is 114 Å². The van der Waals surface area contributed by atoms with Gasteiger partial charge in [-0.15, -0.1) is 0 Å². The highest BCUT2D eigenvalue weighted by Gasteiger charge is 2.27. The fraction of sp³-hybridized carbons (Fsp3) is 1.00. The lowest BCUT2D eigenvalue weighted by atomic mass is 10.1. The molecule has 0 aliphatic carbocycles. The normalized spacial score (nSPS) is 12.0. The molecular formula is C14H27F3S. The molecule has 0 saturated heterocycles. The first-order chi connectivity index (χ1) is 8.56. The van der Waals surface area contributed by atoms with Crippen molar-refractivity contribution in [3.05, 3.63) is 0 Å². The van der Waals surface area contributed by atoms with E-state index in [1.165, 1.54) is 51.4 Å². The smallest absolute Gasteiger partial charge is 0.160 e. The van der Waals surface area contributed by atoms with Gasteiger partial charge in [0, 0.05) is 5.75 Å². The van der Waals surface area contributed by atoms with Crippen LogP contribution >= 0.6 is 11.8 Å². The Morgan fingerprint density at radius 3 is 1.44 bits per heavy atom. The van der Waals surface area contributed by atoms with E-state index in [1.807, 2.05) is 0 Å². The number of rotatable bonds is 12. The lowest BCUT2D eigenvalue weighted by Crippen LogP contribution is -2.01. The Bertz CT molecular complexity index is 169. The van der Waals surface area contributed by atoms with Crippen LogP contribution in [-0.4, -0.2) is 11.3 Å². The minimum Gasteiger partial charge on any atom is -0.160 e. The minimum absolute atomic E-state index is 0.113. The zero-order valence-corrected chi connectivity index (χ0v) is 12.3. The topological polar surface area (TPSA) is 0 Å². The maximum absolute atomic E-state index is 11.8. The van der Waals surface area contributed by atoms with Gasteiger partial charge in [-0.3, -0.25) is 0 Å². The van der Waals surface area contributed by atoms with Gasteiger partial charge < -0.3 is 0 Å². The second-order valence-electron chi connectivity index (χ2n) is 4.83. The maximum Gasteiger partial charge on any atom is 0.441 e. The zero-order chi connectivity index (χ0) is 13.7. The lowest BCUT2D eigenvalue weighted by molar-refractivity contribution is -0.0328. The van der Waals surface area contributed by atoms with Crippen molar-refractivity contribution in [3.8, 4) is 0 Å². The van der Waals surface area contributed by atoms with Crippen molar-refractivity contribution in [1.29, 1.82) is 0 Å². The van der Waals surface area contributed by atoms with Crippen molar-refractivity contribution < 1.29 is 13.2 Å². The van der Waals surface area contributed by atoms with E-state index in [-0.39, 0.29) is 17.5 Å². The van der Waals surface area contributed by atoms with Crippen molar-refractivity contribution in [2.24, 2.45) is 0 Å². The number of unbranched alkanes of at least 4 members (excludes halogenated alkanes) is 10. The Morgan fingerprint density at radius 1 is 0.667 bits per heavy atom. The molecule has 0 nitrogen and oxygen atoms in total. The van der Waals surface area contributed by atoms with Crippen LogP contribution in [0.4, 0.5) is 13.2 Å². The number of alkyl halides is 3. The van der Waals surface area contributed by atoms with Gasteiger partial charge in [0.25, 0.3) is 0 Å². The van der Waals surface area contributed by atoms with Crippen LogP contribution in [-0.2, 0) is 0 Å². The van der Waals surface area contributed by atoms with Crippen molar-refractivity contribution in [2.75, 3.05) is 5.75 Å². The van der Waals surface area contributed by atoms with E-state index >= 15 is 0 Å². The van der Waals surface area contributed by atoms with Crippen LogP contribution in [0.15, 0.2) is 0 Å². The van der Waals surface area contributed by atoms with Gasteiger partial charge in [0.2, 0.25) is 0 Å². The number of hydrogen-bond donors (Lipinski definition) is 0. The Morgan fingerprint density at radius 2 is 1.06 bits per heavy atom. The van der Waals surface area contributed by atoms with Crippen LogP contribution in [0.2, 0.25) is 0 Å². The summed E-state index contributed by atoms with van der Waals surface area (Å²) in [7, 11) is 0. The van der Waals surface area contributed by atoms with Crippen molar-refractivity contribution >= 4 is 11.8 Å². The van der Waals surface area contributed by atoms with E-state index < -0.39 is 5.51 Å². The van der Waals surface area contributed by atoms with Crippen molar-refractivity contribution in [1.82, 2.24) is 0 Å². The second kappa shape index (κ2) is 12.2. The highest BCUT2D eigenvalue weighted by Crippen LogP contribution is 2.30. The maximum atomic E-state index is 11.8. The summed E-state index contributed by atoms with van der Waals surface area (Å²) in [5.74, 6) is 0.223. The van der Waals surface area contributed by atoms with Gasteiger partial charge in [-0.1, -0.05) is 82.9 Å². The quantitative estimate of drug-likeness (QED) is 0.366. The Kier molecular flexibility index (Phi) is 12.3. The lowest BCUT2D eigenvalue weighted by Gasteiger charge is -2.05. The number of halogens is 3. The molecule has 0 aliphatic rings. The average Bonchev–Trinajstić information content (AvgIpc) is 2.29.